The molecule has 0 saturated heterocycles. The number of fused-ring (bicyclic) bond motifs is 1. The van der Waals surface area contributed by atoms with E-state index in [-0.39, 0.29) is 19.1 Å². The summed E-state index contributed by atoms with van der Waals surface area (Å²) >= 11 is 0. The molecule has 1 aliphatic heterocycles. The number of benzene rings is 2. The second-order valence-corrected chi connectivity index (χ2v) is 5.36. The molecule has 1 heterocycles. The van der Waals surface area contributed by atoms with Crippen LogP contribution in [-0.4, -0.2) is 32.1 Å². The number of hydrogen-bond donors (Lipinski definition) is 0. The molecular formula is C19H17NO4. The molecule has 0 radical (unpaired) electrons. The normalized spacial score (nSPS) is 12.5. The topological polar surface area (TPSA) is 55.8 Å². The van der Waals surface area contributed by atoms with E-state index < -0.39 is 5.97 Å². The first kappa shape index (κ1) is 15.8. The Hall–Kier alpha value is -3.08. The summed E-state index contributed by atoms with van der Waals surface area (Å²) in [5.41, 5.74) is 1.96. The van der Waals surface area contributed by atoms with E-state index in [9.17, 15) is 9.59 Å². The van der Waals surface area contributed by atoms with Gasteiger partial charge in [-0.3, -0.25) is 4.79 Å². The number of esters is 1. The van der Waals surface area contributed by atoms with Crippen molar-refractivity contribution in [2.24, 2.45) is 0 Å². The highest BCUT2D eigenvalue weighted by Gasteiger charge is 2.20. The van der Waals surface area contributed by atoms with Gasteiger partial charge in [-0.05, 0) is 24.3 Å². The van der Waals surface area contributed by atoms with E-state index in [1.54, 1.807) is 13.1 Å². The van der Waals surface area contributed by atoms with Crippen molar-refractivity contribution in [3.8, 4) is 5.75 Å². The van der Waals surface area contributed by atoms with Crippen molar-refractivity contribution in [2.75, 3.05) is 25.2 Å². The van der Waals surface area contributed by atoms with Crippen molar-refractivity contribution >= 4 is 23.6 Å². The minimum absolute atomic E-state index is 0.137. The summed E-state index contributed by atoms with van der Waals surface area (Å²) in [4.78, 5) is 25.7. The predicted octanol–water partition coefficient (Wildman–Crippen LogP) is 2.67. The van der Waals surface area contributed by atoms with Gasteiger partial charge in [0.15, 0.2) is 6.61 Å². The van der Waals surface area contributed by atoms with Crippen molar-refractivity contribution < 1.29 is 19.1 Å². The highest BCUT2D eigenvalue weighted by Crippen LogP contribution is 2.26. The molecular weight excluding hydrogens is 306 g/mol. The summed E-state index contributed by atoms with van der Waals surface area (Å²) in [6.07, 6.45) is 1.73. The lowest BCUT2D eigenvalue weighted by Crippen LogP contribution is -2.31. The first-order valence-electron chi connectivity index (χ1n) is 7.56. The lowest BCUT2D eigenvalue weighted by atomic mass is 10.1. The van der Waals surface area contributed by atoms with Crippen LogP contribution in [0.3, 0.4) is 0 Å². The summed E-state index contributed by atoms with van der Waals surface area (Å²) in [5.74, 6) is -0.111. The van der Waals surface area contributed by atoms with E-state index in [1.807, 2.05) is 54.6 Å². The number of carbonyl (C=O) groups is 2. The quantitative estimate of drug-likeness (QED) is 0.812. The Kier molecular flexibility index (Phi) is 4.61. The molecule has 0 atom stereocenters. The van der Waals surface area contributed by atoms with Crippen LogP contribution < -0.4 is 9.64 Å². The second kappa shape index (κ2) is 7.00. The van der Waals surface area contributed by atoms with E-state index in [1.165, 1.54) is 4.90 Å². The molecule has 0 saturated carbocycles. The zero-order valence-corrected chi connectivity index (χ0v) is 13.3. The van der Waals surface area contributed by atoms with E-state index in [2.05, 4.69) is 0 Å². The zero-order valence-electron chi connectivity index (χ0n) is 13.3. The molecule has 0 unspecified atom stereocenters. The zero-order chi connectivity index (χ0) is 16.9. The minimum atomic E-state index is -0.542. The van der Waals surface area contributed by atoms with E-state index in [0.29, 0.717) is 5.57 Å². The largest absolute Gasteiger partial charge is 0.488 e. The molecule has 1 aliphatic rings. The third-order valence-corrected chi connectivity index (χ3v) is 3.74. The Bertz CT molecular complexity index is 783. The number of ether oxygens (including phenoxy) is 2. The van der Waals surface area contributed by atoms with Crippen LogP contribution in [0.2, 0.25) is 0 Å². The predicted molar refractivity (Wildman–Crippen MR) is 90.7 cm³/mol. The van der Waals surface area contributed by atoms with Crippen LogP contribution >= 0.6 is 0 Å². The average Bonchev–Trinajstić information content (AvgIpc) is 2.65. The van der Waals surface area contributed by atoms with Gasteiger partial charge in [-0.15, -0.1) is 0 Å². The Morgan fingerprint density at radius 1 is 1.08 bits per heavy atom. The van der Waals surface area contributed by atoms with Gasteiger partial charge in [-0.25, -0.2) is 4.79 Å². The lowest BCUT2D eigenvalue weighted by Gasteiger charge is -2.19. The monoisotopic (exact) mass is 323 g/mol. The van der Waals surface area contributed by atoms with Crippen LogP contribution in [0.5, 0.6) is 5.75 Å². The fourth-order valence-electron chi connectivity index (χ4n) is 2.35. The maximum Gasteiger partial charge on any atom is 0.338 e. The molecule has 2 aromatic rings. The van der Waals surface area contributed by atoms with E-state index in [0.717, 1.165) is 17.0 Å². The molecule has 0 aliphatic carbocycles. The standard InChI is InChI=1S/C19H17NO4/c1-20(16-8-3-2-4-9-16)18(21)13-24-19(22)15-11-14-7-5-6-10-17(14)23-12-15/h2-11H,12-13H2,1H3. The van der Waals surface area contributed by atoms with Crippen molar-refractivity contribution in [2.45, 2.75) is 0 Å². The third-order valence-electron chi connectivity index (χ3n) is 3.74. The van der Waals surface area contributed by atoms with Crippen LogP contribution in [0.25, 0.3) is 6.08 Å². The lowest BCUT2D eigenvalue weighted by molar-refractivity contribution is -0.144. The van der Waals surface area contributed by atoms with Gasteiger partial charge in [0.05, 0.1) is 5.57 Å². The van der Waals surface area contributed by atoms with Gasteiger partial charge >= 0.3 is 5.97 Å². The molecule has 0 fully saturated rings. The molecule has 24 heavy (non-hydrogen) atoms. The third kappa shape index (κ3) is 3.46. The summed E-state index contributed by atoms with van der Waals surface area (Å²) in [5, 5.41) is 0. The van der Waals surface area contributed by atoms with E-state index in [4.69, 9.17) is 9.47 Å². The molecule has 0 bridgehead atoms. The maximum absolute atomic E-state index is 12.1. The van der Waals surface area contributed by atoms with Crippen molar-refractivity contribution in [1.29, 1.82) is 0 Å². The summed E-state index contributed by atoms with van der Waals surface area (Å²) in [6.45, 7) is -0.179. The fourth-order valence-corrected chi connectivity index (χ4v) is 2.35. The number of anilines is 1. The first-order valence-corrected chi connectivity index (χ1v) is 7.56. The first-order chi connectivity index (χ1) is 11.6. The second-order valence-electron chi connectivity index (χ2n) is 5.36. The molecule has 122 valence electrons. The van der Waals surface area contributed by atoms with Gasteiger partial charge in [-0.1, -0.05) is 36.4 Å². The number of amides is 1. The minimum Gasteiger partial charge on any atom is -0.488 e. The van der Waals surface area contributed by atoms with Gasteiger partial charge in [0.2, 0.25) is 0 Å². The van der Waals surface area contributed by atoms with Crippen LogP contribution in [-0.2, 0) is 14.3 Å². The SMILES string of the molecule is CN(C(=O)COC(=O)C1=Cc2ccccc2OC1)c1ccccc1. The van der Waals surface area contributed by atoms with Crippen LogP contribution in [0, 0.1) is 0 Å². The molecule has 3 rings (SSSR count). The smallest absolute Gasteiger partial charge is 0.338 e. The molecule has 5 nitrogen and oxygen atoms in total. The van der Waals surface area contributed by atoms with Gasteiger partial charge in [0.1, 0.15) is 12.4 Å². The Balaban J connectivity index is 1.60. The number of rotatable bonds is 4. The van der Waals surface area contributed by atoms with Gasteiger partial charge in [0.25, 0.3) is 5.91 Å². The van der Waals surface area contributed by atoms with Crippen LogP contribution in [0.4, 0.5) is 5.69 Å². The molecule has 0 N–H and O–H groups in total. The number of hydrogen-bond acceptors (Lipinski definition) is 4. The van der Waals surface area contributed by atoms with Crippen LogP contribution in [0.15, 0.2) is 60.2 Å². The Labute approximate surface area is 140 Å². The molecule has 5 heteroatoms. The van der Waals surface area contributed by atoms with Crippen molar-refractivity contribution in [3.05, 3.63) is 65.7 Å². The highest BCUT2D eigenvalue weighted by atomic mass is 16.5. The van der Waals surface area contributed by atoms with Gasteiger partial charge in [0, 0.05) is 18.3 Å². The fraction of sp³-hybridized carbons (Fsp3) is 0.158. The average molecular weight is 323 g/mol. The Morgan fingerprint density at radius 3 is 2.58 bits per heavy atom. The molecule has 2 aromatic carbocycles. The van der Waals surface area contributed by atoms with Gasteiger partial charge < -0.3 is 14.4 Å². The molecule has 0 spiro atoms. The van der Waals surface area contributed by atoms with E-state index >= 15 is 0 Å². The molecule has 0 aromatic heterocycles. The summed E-state index contributed by atoms with van der Waals surface area (Å²) in [6, 6.07) is 16.6. The number of nitrogens with zero attached hydrogens (tertiary/aromatic N) is 1. The number of carbonyl (C=O) groups excluding carboxylic acids is 2. The number of likely N-dealkylation sites (N-methyl/N-ethyl adjacent to an activating group) is 1. The van der Waals surface area contributed by atoms with Crippen LogP contribution in [0.1, 0.15) is 5.56 Å². The molecule has 1 amide bonds. The van der Waals surface area contributed by atoms with Crippen molar-refractivity contribution in [3.63, 3.8) is 0 Å². The van der Waals surface area contributed by atoms with Gasteiger partial charge in [-0.2, -0.15) is 0 Å². The summed E-state index contributed by atoms with van der Waals surface area (Å²) < 4.78 is 10.6. The maximum atomic E-state index is 12.1. The Morgan fingerprint density at radius 2 is 1.79 bits per heavy atom. The highest BCUT2D eigenvalue weighted by molar-refractivity contribution is 5.98. The number of para-hydroxylation sites is 2. The van der Waals surface area contributed by atoms with Crippen molar-refractivity contribution in [1.82, 2.24) is 0 Å². The summed E-state index contributed by atoms with van der Waals surface area (Å²) in [7, 11) is 1.64.